The minimum atomic E-state index is -4.27. The molecule has 0 unspecified atom stereocenters. The van der Waals surface area contributed by atoms with Gasteiger partial charge in [-0.05, 0) is 81.1 Å². The van der Waals surface area contributed by atoms with E-state index in [0.29, 0.717) is 41.6 Å². The molecule has 0 bridgehead atoms. The number of aromatic nitrogens is 1. The Morgan fingerprint density at radius 2 is 1.78 bits per heavy atom. The Balaban J connectivity index is 1.36. The summed E-state index contributed by atoms with van der Waals surface area (Å²) < 4.78 is 42.3. The molecule has 5 rings (SSSR count). The number of anilines is 1. The number of hydrogen-bond acceptors (Lipinski definition) is 6. The number of carbonyl (C=O) groups excluding carboxylic acids is 2. The number of sulfonamides is 1. The van der Waals surface area contributed by atoms with Gasteiger partial charge in [0.1, 0.15) is 17.2 Å². The average molecular weight is 596 g/mol. The maximum Gasteiger partial charge on any atom is 0.281 e. The molecule has 214 valence electrons. The van der Waals surface area contributed by atoms with E-state index in [-0.39, 0.29) is 22.2 Å². The molecule has 41 heavy (non-hydrogen) atoms. The first-order valence-corrected chi connectivity index (χ1v) is 15.0. The van der Waals surface area contributed by atoms with Gasteiger partial charge in [-0.25, -0.2) is 13.1 Å². The van der Waals surface area contributed by atoms with E-state index in [1.807, 2.05) is 50.2 Å². The van der Waals surface area contributed by atoms with Crippen molar-refractivity contribution in [2.75, 3.05) is 11.9 Å². The Morgan fingerprint density at radius 3 is 2.51 bits per heavy atom. The van der Waals surface area contributed by atoms with Crippen LogP contribution in [0.3, 0.4) is 0 Å². The van der Waals surface area contributed by atoms with Crippen molar-refractivity contribution >= 4 is 50.0 Å². The van der Waals surface area contributed by atoms with Gasteiger partial charge >= 0.3 is 0 Å². The first-order chi connectivity index (χ1) is 19.4. The SMILES string of the molecule is Cc1cc2c(cc1S(=O)(=O)NC(=O)c1cc3ccccc3n1CCCOc1cc(C)c(Cl)c(C)c1)O[C@H](C)C(=O)N2. The molecule has 1 atom stereocenters. The zero-order valence-electron chi connectivity index (χ0n) is 23.1. The molecule has 2 heterocycles. The molecule has 1 aliphatic rings. The normalized spacial score (nSPS) is 14.8. The van der Waals surface area contributed by atoms with Crippen molar-refractivity contribution in [3.05, 3.63) is 82.0 Å². The van der Waals surface area contributed by atoms with Crippen LogP contribution in [0.1, 0.15) is 40.5 Å². The number of nitrogens with one attached hydrogen (secondary N) is 2. The molecule has 0 radical (unpaired) electrons. The fraction of sp³-hybridized carbons (Fsp3) is 0.267. The Morgan fingerprint density at radius 1 is 1.07 bits per heavy atom. The number of carbonyl (C=O) groups is 2. The zero-order chi connectivity index (χ0) is 29.5. The minimum Gasteiger partial charge on any atom is -0.494 e. The smallest absolute Gasteiger partial charge is 0.281 e. The summed E-state index contributed by atoms with van der Waals surface area (Å²) >= 11 is 6.26. The van der Waals surface area contributed by atoms with Crippen LogP contribution in [0.4, 0.5) is 5.69 Å². The summed E-state index contributed by atoms with van der Waals surface area (Å²) in [6.07, 6.45) is -0.208. The number of ether oxygens (including phenoxy) is 2. The Bertz CT molecular complexity index is 1770. The van der Waals surface area contributed by atoms with E-state index in [9.17, 15) is 18.0 Å². The molecule has 2 N–H and O–H groups in total. The monoisotopic (exact) mass is 595 g/mol. The standard InChI is InChI=1S/C30H30ClN3O6S/c1-17-14-23-26(40-20(4)29(35)32-23)16-27(17)41(37,38)33-30(36)25-15-21-8-5-6-9-24(21)34(25)10-7-11-39-22-12-18(2)28(31)19(3)13-22/h5-6,8-9,12-16,20H,7,10-11H2,1-4H3,(H,32,35)(H,33,36)/t20-/m1/s1. The van der Waals surface area contributed by atoms with Gasteiger partial charge in [-0.3, -0.25) is 9.59 Å². The second kappa shape index (κ2) is 11.1. The maximum absolute atomic E-state index is 13.4. The highest BCUT2D eigenvalue weighted by Crippen LogP contribution is 2.34. The van der Waals surface area contributed by atoms with Gasteiger partial charge in [0, 0.05) is 28.5 Å². The highest BCUT2D eigenvalue weighted by molar-refractivity contribution is 7.90. The van der Waals surface area contributed by atoms with Crippen LogP contribution in [0, 0.1) is 20.8 Å². The van der Waals surface area contributed by atoms with Crippen molar-refractivity contribution < 1.29 is 27.5 Å². The molecule has 0 fully saturated rings. The molecule has 1 aromatic heterocycles. The molecular weight excluding hydrogens is 566 g/mol. The number of aryl methyl sites for hydroxylation is 4. The number of rotatable bonds is 8. The van der Waals surface area contributed by atoms with Gasteiger partial charge in [-0.2, -0.15) is 0 Å². The summed E-state index contributed by atoms with van der Waals surface area (Å²) in [6.45, 7) is 7.80. The third-order valence-corrected chi connectivity index (χ3v) is 9.04. The van der Waals surface area contributed by atoms with Gasteiger partial charge in [0.25, 0.3) is 21.8 Å². The van der Waals surface area contributed by atoms with Crippen LogP contribution >= 0.6 is 11.6 Å². The predicted molar refractivity (Wildman–Crippen MR) is 158 cm³/mol. The van der Waals surface area contributed by atoms with E-state index in [1.165, 1.54) is 12.1 Å². The lowest BCUT2D eigenvalue weighted by atomic mass is 10.1. The molecule has 11 heteroatoms. The number of para-hydroxylation sites is 1. The van der Waals surface area contributed by atoms with E-state index in [0.717, 1.165) is 22.0 Å². The van der Waals surface area contributed by atoms with Gasteiger partial charge in [0.2, 0.25) is 0 Å². The van der Waals surface area contributed by atoms with Gasteiger partial charge in [0.05, 0.1) is 17.2 Å². The highest BCUT2D eigenvalue weighted by Gasteiger charge is 2.29. The largest absolute Gasteiger partial charge is 0.494 e. The molecule has 0 saturated carbocycles. The molecule has 1 aliphatic heterocycles. The molecule has 0 spiro atoms. The third kappa shape index (κ3) is 5.75. The van der Waals surface area contributed by atoms with Crippen LogP contribution < -0.4 is 19.5 Å². The highest BCUT2D eigenvalue weighted by atomic mass is 35.5. The van der Waals surface area contributed by atoms with Crippen LogP contribution in [0.2, 0.25) is 5.02 Å². The molecule has 0 aliphatic carbocycles. The van der Waals surface area contributed by atoms with Crippen LogP contribution in [-0.4, -0.2) is 37.5 Å². The Hall–Kier alpha value is -4.02. The Kier molecular flexibility index (Phi) is 7.72. The van der Waals surface area contributed by atoms with Crippen molar-refractivity contribution in [1.29, 1.82) is 0 Å². The van der Waals surface area contributed by atoms with Crippen LogP contribution in [0.15, 0.2) is 59.5 Å². The zero-order valence-corrected chi connectivity index (χ0v) is 24.7. The lowest BCUT2D eigenvalue weighted by Crippen LogP contribution is -2.35. The topological polar surface area (TPSA) is 116 Å². The molecule has 9 nitrogen and oxygen atoms in total. The van der Waals surface area contributed by atoms with Gasteiger partial charge in [-0.1, -0.05) is 29.8 Å². The summed E-state index contributed by atoms with van der Waals surface area (Å²) in [5.74, 6) is -0.150. The molecule has 2 amide bonds. The van der Waals surface area contributed by atoms with Crippen molar-refractivity contribution in [3.63, 3.8) is 0 Å². The number of hydrogen-bond donors (Lipinski definition) is 2. The number of nitrogens with zero attached hydrogens (tertiary/aromatic N) is 1. The van der Waals surface area contributed by atoms with Crippen LogP contribution in [-0.2, 0) is 21.4 Å². The second-order valence-corrected chi connectivity index (χ2v) is 12.1. The van der Waals surface area contributed by atoms with E-state index < -0.39 is 22.0 Å². The fourth-order valence-electron chi connectivity index (χ4n) is 4.90. The van der Waals surface area contributed by atoms with Gasteiger partial charge < -0.3 is 19.4 Å². The minimum absolute atomic E-state index is 0.113. The summed E-state index contributed by atoms with van der Waals surface area (Å²) in [7, 11) is -4.27. The second-order valence-electron chi connectivity index (χ2n) is 10.1. The molecule has 4 aromatic rings. The fourth-order valence-corrected chi connectivity index (χ4v) is 6.22. The van der Waals surface area contributed by atoms with Crippen LogP contribution in [0.5, 0.6) is 11.5 Å². The lowest BCUT2D eigenvalue weighted by Gasteiger charge is -2.24. The molecule has 3 aromatic carbocycles. The van der Waals surface area contributed by atoms with Gasteiger partial charge in [0.15, 0.2) is 6.10 Å². The number of benzene rings is 3. The number of fused-ring (bicyclic) bond motifs is 2. The van der Waals surface area contributed by atoms with Crippen molar-refractivity contribution in [2.24, 2.45) is 0 Å². The summed E-state index contributed by atoms with van der Waals surface area (Å²) in [6, 6.07) is 15.7. The van der Waals surface area contributed by atoms with Gasteiger partial charge in [-0.15, -0.1) is 0 Å². The van der Waals surface area contributed by atoms with E-state index in [2.05, 4.69) is 10.0 Å². The third-order valence-electron chi connectivity index (χ3n) is 6.97. The Labute approximate surface area is 243 Å². The van der Waals surface area contributed by atoms with Crippen molar-refractivity contribution in [3.8, 4) is 11.5 Å². The average Bonchev–Trinajstić information content (AvgIpc) is 3.29. The maximum atomic E-state index is 13.4. The first kappa shape index (κ1) is 28.5. The number of amides is 2. The quantitative estimate of drug-likeness (QED) is 0.259. The van der Waals surface area contributed by atoms with Crippen LogP contribution in [0.25, 0.3) is 10.9 Å². The van der Waals surface area contributed by atoms with E-state index >= 15 is 0 Å². The predicted octanol–water partition coefficient (Wildman–Crippen LogP) is 5.53. The first-order valence-electron chi connectivity index (χ1n) is 13.1. The van der Waals surface area contributed by atoms with Crippen molar-refractivity contribution in [1.82, 2.24) is 9.29 Å². The molecule has 0 saturated heterocycles. The summed E-state index contributed by atoms with van der Waals surface area (Å²) in [5, 5.41) is 4.21. The van der Waals surface area contributed by atoms with E-state index in [4.69, 9.17) is 21.1 Å². The number of halogens is 1. The summed E-state index contributed by atoms with van der Waals surface area (Å²) in [4.78, 5) is 25.3. The lowest BCUT2D eigenvalue weighted by molar-refractivity contribution is -0.122. The van der Waals surface area contributed by atoms with Crippen molar-refractivity contribution in [2.45, 2.75) is 51.7 Å². The summed E-state index contributed by atoms with van der Waals surface area (Å²) in [5.41, 5.74) is 3.60. The van der Waals surface area contributed by atoms with E-state index in [1.54, 1.807) is 24.5 Å². The molecular formula is C30H30ClN3O6S.